The minimum absolute atomic E-state index is 0.0275. The average Bonchev–Trinajstić information content (AvgIpc) is 2.21. The molecule has 0 heterocycles. The van der Waals surface area contributed by atoms with Crippen LogP contribution in [0.15, 0.2) is 0 Å². The number of hydrogen-bond donors (Lipinski definition) is 1. The molecule has 0 fully saturated rings. The van der Waals surface area contributed by atoms with Crippen LogP contribution < -0.4 is 5.32 Å². The molecule has 0 aliphatic heterocycles. The lowest BCUT2D eigenvalue weighted by Crippen LogP contribution is -2.39. The summed E-state index contributed by atoms with van der Waals surface area (Å²) in [7, 11) is 5.78. The highest BCUT2D eigenvalue weighted by molar-refractivity contribution is 6.10. The smallest absolute Gasteiger partial charge is 0.108 e. The van der Waals surface area contributed by atoms with Crippen LogP contribution in [0.1, 0.15) is 41.0 Å². The van der Waals surface area contributed by atoms with E-state index in [1.165, 1.54) is 0 Å². The molecule has 0 aliphatic carbocycles. The highest BCUT2D eigenvalue weighted by atomic mass is 16.5. The van der Waals surface area contributed by atoms with Gasteiger partial charge in [-0.1, -0.05) is 20.8 Å². The Balaban J connectivity index is 3.94. The van der Waals surface area contributed by atoms with Crippen molar-refractivity contribution in [1.29, 1.82) is 0 Å². The van der Waals surface area contributed by atoms with Crippen LogP contribution in [0.5, 0.6) is 0 Å². The van der Waals surface area contributed by atoms with Gasteiger partial charge in [0, 0.05) is 18.6 Å². The fraction of sp³-hybridized carbons (Fsp3) is 1.00. The van der Waals surface area contributed by atoms with Crippen LogP contribution in [0.2, 0.25) is 0 Å². The van der Waals surface area contributed by atoms with Gasteiger partial charge in [0.05, 0.1) is 18.8 Å². The summed E-state index contributed by atoms with van der Waals surface area (Å²) in [5.41, 5.74) is 0. The van der Waals surface area contributed by atoms with Crippen LogP contribution in [0.4, 0.5) is 0 Å². The topological polar surface area (TPSA) is 30.5 Å². The first-order chi connectivity index (χ1) is 7.45. The largest absolute Gasteiger partial charge is 0.381 e. The average molecular weight is 227 g/mol. The van der Waals surface area contributed by atoms with Gasteiger partial charge in [0.25, 0.3) is 0 Å². The molecule has 0 spiro atoms. The SMILES string of the molecule is [B][C@@H](CC)O[C@@H](CNC(C)C)COC(C)C. The Hall–Kier alpha value is -0.0551. The second-order valence-corrected chi connectivity index (χ2v) is 4.65. The predicted molar refractivity (Wildman–Crippen MR) is 68.9 cm³/mol. The van der Waals surface area contributed by atoms with Gasteiger partial charge >= 0.3 is 0 Å². The van der Waals surface area contributed by atoms with Gasteiger partial charge in [-0.3, -0.25) is 0 Å². The lowest BCUT2D eigenvalue weighted by molar-refractivity contribution is -0.0462. The first-order valence-corrected chi connectivity index (χ1v) is 6.21. The minimum atomic E-state index is -0.199. The van der Waals surface area contributed by atoms with Gasteiger partial charge in [0.2, 0.25) is 0 Å². The van der Waals surface area contributed by atoms with E-state index in [1.807, 2.05) is 20.8 Å². The van der Waals surface area contributed by atoms with Gasteiger partial charge in [0.15, 0.2) is 0 Å². The summed E-state index contributed by atoms with van der Waals surface area (Å²) in [4.78, 5) is 0. The third kappa shape index (κ3) is 9.19. The van der Waals surface area contributed by atoms with E-state index < -0.39 is 0 Å². The van der Waals surface area contributed by atoms with Gasteiger partial charge < -0.3 is 14.8 Å². The molecule has 0 amide bonds. The van der Waals surface area contributed by atoms with E-state index in [1.54, 1.807) is 0 Å². The van der Waals surface area contributed by atoms with Crippen LogP contribution in [0, 0.1) is 0 Å². The standard InChI is InChI=1S/C12H26BNO2/c1-6-12(13)16-11(7-14-9(2)3)8-15-10(4)5/h9-12,14H,6-8H2,1-5H3/t11-,12+/m0/s1. The van der Waals surface area contributed by atoms with Crippen LogP contribution >= 0.6 is 0 Å². The molecule has 0 unspecified atom stereocenters. The molecular formula is C12H26BNO2. The lowest BCUT2D eigenvalue weighted by Gasteiger charge is -2.24. The van der Waals surface area contributed by atoms with E-state index in [4.69, 9.17) is 17.3 Å². The van der Waals surface area contributed by atoms with Crippen LogP contribution in [0.3, 0.4) is 0 Å². The fourth-order valence-electron chi connectivity index (χ4n) is 1.16. The summed E-state index contributed by atoms with van der Waals surface area (Å²) < 4.78 is 11.3. The quantitative estimate of drug-likeness (QED) is 0.608. The molecule has 94 valence electrons. The molecule has 4 heteroatoms. The highest BCUT2D eigenvalue weighted by Crippen LogP contribution is 2.02. The second kappa shape index (κ2) is 9.02. The van der Waals surface area contributed by atoms with Gasteiger partial charge in [-0.2, -0.15) is 0 Å². The van der Waals surface area contributed by atoms with Crippen molar-refractivity contribution in [2.75, 3.05) is 13.2 Å². The zero-order chi connectivity index (χ0) is 12.6. The van der Waals surface area contributed by atoms with Crippen molar-refractivity contribution >= 4 is 7.85 Å². The third-order valence-electron chi connectivity index (χ3n) is 2.14. The highest BCUT2D eigenvalue weighted by Gasteiger charge is 2.13. The van der Waals surface area contributed by atoms with Crippen molar-refractivity contribution in [3.63, 3.8) is 0 Å². The number of nitrogens with one attached hydrogen (secondary N) is 1. The molecule has 2 radical (unpaired) electrons. The first-order valence-electron chi connectivity index (χ1n) is 6.21. The maximum Gasteiger partial charge on any atom is 0.108 e. The predicted octanol–water partition coefficient (Wildman–Crippen LogP) is 1.70. The van der Waals surface area contributed by atoms with Crippen molar-refractivity contribution < 1.29 is 9.47 Å². The van der Waals surface area contributed by atoms with Crippen LogP contribution in [0.25, 0.3) is 0 Å². The zero-order valence-corrected chi connectivity index (χ0v) is 11.3. The normalized spacial score (nSPS) is 15.7. The fourth-order valence-corrected chi connectivity index (χ4v) is 1.16. The Morgan fingerprint density at radius 2 is 1.81 bits per heavy atom. The van der Waals surface area contributed by atoms with E-state index in [0.29, 0.717) is 12.6 Å². The Kier molecular flexibility index (Phi) is 8.99. The molecular weight excluding hydrogens is 201 g/mol. The molecule has 2 atom stereocenters. The molecule has 0 aromatic heterocycles. The van der Waals surface area contributed by atoms with E-state index in [0.717, 1.165) is 13.0 Å². The Morgan fingerprint density at radius 3 is 2.25 bits per heavy atom. The third-order valence-corrected chi connectivity index (χ3v) is 2.14. The molecule has 0 bridgehead atoms. The van der Waals surface area contributed by atoms with Gasteiger partial charge in [0.1, 0.15) is 7.85 Å². The number of rotatable bonds is 9. The lowest BCUT2D eigenvalue weighted by atomic mass is 9.97. The van der Waals surface area contributed by atoms with E-state index in [9.17, 15) is 0 Å². The zero-order valence-electron chi connectivity index (χ0n) is 11.3. The Morgan fingerprint density at radius 1 is 1.19 bits per heavy atom. The molecule has 1 N–H and O–H groups in total. The monoisotopic (exact) mass is 227 g/mol. The van der Waals surface area contributed by atoms with Crippen LogP contribution in [-0.4, -0.2) is 45.3 Å². The number of ether oxygens (including phenoxy) is 2. The molecule has 0 rings (SSSR count). The summed E-state index contributed by atoms with van der Waals surface area (Å²) in [6.45, 7) is 11.6. The Labute approximate surface area is 102 Å². The molecule has 0 saturated heterocycles. The minimum Gasteiger partial charge on any atom is -0.381 e. The van der Waals surface area contributed by atoms with Crippen molar-refractivity contribution in [3.8, 4) is 0 Å². The summed E-state index contributed by atoms with van der Waals surface area (Å²) in [6.07, 6.45) is 1.07. The van der Waals surface area contributed by atoms with Crippen molar-refractivity contribution in [1.82, 2.24) is 5.32 Å². The van der Waals surface area contributed by atoms with Crippen molar-refractivity contribution in [2.24, 2.45) is 0 Å². The summed E-state index contributed by atoms with van der Waals surface area (Å²) in [6, 6.07) is 0.248. The molecule has 0 aromatic rings. The van der Waals surface area contributed by atoms with Gasteiger partial charge in [-0.15, -0.1) is 0 Å². The van der Waals surface area contributed by atoms with Gasteiger partial charge in [-0.25, -0.2) is 0 Å². The molecule has 3 nitrogen and oxygen atoms in total. The van der Waals surface area contributed by atoms with E-state index in [2.05, 4.69) is 19.2 Å². The number of hydrogen-bond acceptors (Lipinski definition) is 3. The molecule has 0 saturated carbocycles. The van der Waals surface area contributed by atoms with E-state index >= 15 is 0 Å². The summed E-state index contributed by atoms with van der Waals surface area (Å²) in [5, 5.41) is 3.34. The van der Waals surface area contributed by atoms with Crippen LogP contribution in [-0.2, 0) is 9.47 Å². The molecule has 0 aliphatic rings. The summed E-state index contributed by atoms with van der Waals surface area (Å²) in [5.74, 6) is 0. The van der Waals surface area contributed by atoms with Crippen molar-refractivity contribution in [3.05, 3.63) is 0 Å². The maximum atomic E-state index is 5.78. The summed E-state index contributed by atoms with van der Waals surface area (Å²) >= 11 is 0. The Bertz CT molecular complexity index is 153. The molecule has 16 heavy (non-hydrogen) atoms. The molecule has 0 aromatic carbocycles. The second-order valence-electron chi connectivity index (χ2n) is 4.65. The van der Waals surface area contributed by atoms with Crippen molar-refractivity contribution in [2.45, 2.75) is 65.3 Å². The first kappa shape index (κ1) is 15.9. The maximum absolute atomic E-state index is 5.78. The van der Waals surface area contributed by atoms with Gasteiger partial charge in [-0.05, 0) is 20.3 Å². The van der Waals surface area contributed by atoms with E-state index in [-0.39, 0.29) is 18.2 Å².